The Hall–Kier alpha value is -3.93. The fourth-order valence-corrected chi connectivity index (χ4v) is 3.67. The van der Waals surface area contributed by atoms with Crippen molar-refractivity contribution in [3.63, 3.8) is 0 Å². The molecule has 0 heterocycles. The molecule has 3 N–H and O–H groups in total. The van der Waals surface area contributed by atoms with Crippen molar-refractivity contribution >= 4 is 17.8 Å². The average molecular weight is 416 g/mol. The van der Waals surface area contributed by atoms with Crippen LogP contribution in [-0.4, -0.2) is 28.9 Å². The van der Waals surface area contributed by atoms with Gasteiger partial charge in [-0.3, -0.25) is 9.59 Å². The topological polar surface area (TPSA) is 95.5 Å². The Morgan fingerprint density at radius 2 is 1.16 bits per heavy atom. The van der Waals surface area contributed by atoms with Crippen LogP contribution >= 0.6 is 0 Å². The molecule has 0 spiro atoms. The number of carbonyl (C=O) groups excluding carboxylic acids is 2. The van der Waals surface area contributed by atoms with E-state index in [1.165, 1.54) is 6.92 Å². The zero-order valence-electron chi connectivity index (χ0n) is 17.1. The van der Waals surface area contributed by atoms with Gasteiger partial charge >= 0.3 is 5.97 Å². The van der Waals surface area contributed by atoms with Gasteiger partial charge in [-0.05, 0) is 16.7 Å². The number of rotatable bonds is 8. The number of carboxylic acid groups (broad SMARTS) is 1. The van der Waals surface area contributed by atoms with Gasteiger partial charge in [0.1, 0.15) is 11.6 Å². The lowest BCUT2D eigenvalue weighted by molar-refractivity contribution is -0.143. The maximum absolute atomic E-state index is 13.1. The minimum atomic E-state index is -1.32. The fraction of sp³-hybridized carbons (Fsp3) is 0.160. The number of aliphatic carboxylic acids is 1. The largest absolute Gasteiger partial charge is 0.480 e. The summed E-state index contributed by atoms with van der Waals surface area (Å²) in [7, 11) is 0. The average Bonchev–Trinajstić information content (AvgIpc) is 2.78. The molecule has 31 heavy (non-hydrogen) atoms. The predicted octanol–water partition coefficient (Wildman–Crippen LogP) is 3.07. The predicted molar refractivity (Wildman–Crippen MR) is 117 cm³/mol. The van der Waals surface area contributed by atoms with E-state index in [0.29, 0.717) is 0 Å². The lowest BCUT2D eigenvalue weighted by Gasteiger charge is -2.37. The van der Waals surface area contributed by atoms with Gasteiger partial charge in [-0.2, -0.15) is 0 Å². The van der Waals surface area contributed by atoms with Gasteiger partial charge < -0.3 is 15.7 Å². The molecule has 1 atom stereocenters. The Kier molecular flexibility index (Phi) is 6.82. The van der Waals surface area contributed by atoms with Gasteiger partial charge in [0.05, 0.1) is 6.42 Å². The molecule has 2 amide bonds. The van der Waals surface area contributed by atoms with E-state index in [-0.39, 0.29) is 0 Å². The maximum Gasteiger partial charge on any atom is 0.326 e. The van der Waals surface area contributed by atoms with Crippen molar-refractivity contribution in [3.05, 3.63) is 108 Å². The molecule has 3 rings (SSSR count). The molecule has 158 valence electrons. The van der Waals surface area contributed by atoms with Crippen molar-refractivity contribution in [3.8, 4) is 0 Å². The molecule has 0 radical (unpaired) electrons. The first-order valence-corrected chi connectivity index (χ1v) is 9.91. The number of hydrogen-bond acceptors (Lipinski definition) is 3. The van der Waals surface area contributed by atoms with E-state index in [4.69, 9.17) is 0 Å². The van der Waals surface area contributed by atoms with E-state index in [9.17, 15) is 19.5 Å². The van der Waals surface area contributed by atoms with Crippen LogP contribution in [-0.2, 0) is 19.9 Å². The van der Waals surface area contributed by atoms with Crippen LogP contribution in [0, 0.1) is 0 Å². The van der Waals surface area contributed by atoms with Crippen molar-refractivity contribution in [1.82, 2.24) is 10.6 Å². The lowest BCUT2D eigenvalue weighted by atomic mass is 9.77. The molecule has 3 aromatic rings. The molecule has 0 unspecified atom stereocenters. The van der Waals surface area contributed by atoms with Crippen LogP contribution in [0.5, 0.6) is 0 Å². The molecule has 3 aromatic carbocycles. The summed E-state index contributed by atoms with van der Waals surface area (Å²) < 4.78 is 0. The Bertz CT molecular complexity index is 940. The van der Waals surface area contributed by atoms with Crippen LogP contribution in [0.4, 0.5) is 0 Å². The second-order valence-electron chi connectivity index (χ2n) is 7.19. The highest BCUT2D eigenvalue weighted by Crippen LogP contribution is 2.36. The number of amides is 2. The van der Waals surface area contributed by atoms with Crippen molar-refractivity contribution in [1.29, 1.82) is 0 Å². The fourth-order valence-electron chi connectivity index (χ4n) is 3.67. The van der Waals surface area contributed by atoms with Crippen LogP contribution in [0.2, 0.25) is 0 Å². The molecule has 0 aliphatic carbocycles. The second kappa shape index (κ2) is 9.71. The second-order valence-corrected chi connectivity index (χ2v) is 7.19. The highest BCUT2D eigenvalue weighted by Gasteiger charge is 2.38. The molecule has 0 bridgehead atoms. The maximum atomic E-state index is 13.1. The molecular formula is C25H24N2O4. The van der Waals surface area contributed by atoms with Gasteiger partial charge in [0.15, 0.2) is 0 Å². The summed E-state index contributed by atoms with van der Waals surface area (Å²) in [5, 5.41) is 14.8. The smallest absolute Gasteiger partial charge is 0.326 e. The third kappa shape index (κ3) is 4.98. The molecule has 6 nitrogen and oxygen atoms in total. The number of hydrogen-bond donors (Lipinski definition) is 3. The summed E-state index contributed by atoms with van der Waals surface area (Å²) in [6.07, 6.45) is -0.400. The third-order valence-corrected chi connectivity index (χ3v) is 5.01. The van der Waals surface area contributed by atoms with Gasteiger partial charge in [0.25, 0.3) is 0 Å². The Labute approximate surface area is 180 Å². The van der Waals surface area contributed by atoms with Crippen molar-refractivity contribution in [2.75, 3.05) is 0 Å². The van der Waals surface area contributed by atoms with E-state index in [2.05, 4.69) is 10.6 Å². The number of nitrogens with one attached hydrogen (secondary N) is 2. The summed E-state index contributed by atoms with van der Waals surface area (Å²) in [5.41, 5.74) is 1.44. The molecule has 0 aliphatic heterocycles. The first-order chi connectivity index (χ1) is 14.9. The van der Waals surface area contributed by atoms with E-state index in [1.807, 2.05) is 91.0 Å². The normalized spacial score (nSPS) is 11.9. The van der Waals surface area contributed by atoms with Gasteiger partial charge in [0.2, 0.25) is 11.8 Å². The number of benzene rings is 3. The van der Waals surface area contributed by atoms with Gasteiger partial charge in [-0.1, -0.05) is 91.0 Å². The first-order valence-electron chi connectivity index (χ1n) is 9.91. The zero-order chi connectivity index (χ0) is 22.3. The summed E-state index contributed by atoms with van der Waals surface area (Å²) >= 11 is 0. The van der Waals surface area contributed by atoms with Gasteiger partial charge in [-0.25, -0.2) is 4.79 Å². The lowest BCUT2D eigenvalue weighted by Crippen LogP contribution is -2.50. The van der Waals surface area contributed by atoms with Crippen molar-refractivity contribution < 1.29 is 19.5 Å². The Morgan fingerprint density at radius 1 is 0.774 bits per heavy atom. The van der Waals surface area contributed by atoms with E-state index in [1.54, 1.807) is 0 Å². The number of carbonyl (C=O) groups is 3. The molecule has 0 saturated carbocycles. The van der Waals surface area contributed by atoms with Crippen molar-refractivity contribution in [2.45, 2.75) is 24.9 Å². The van der Waals surface area contributed by atoms with Crippen LogP contribution in [0.15, 0.2) is 91.0 Å². The minimum absolute atomic E-state index is 0.400. The zero-order valence-corrected chi connectivity index (χ0v) is 17.1. The Morgan fingerprint density at radius 3 is 1.48 bits per heavy atom. The summed E-state index contributed by atoms with van der Waals surface area (Å²) in [5.74, 6) is -2.28. The molecular weight excluding hydrogens is 392 g/mol. The summed E-state index contributed by atoms with van der Waals surface area (Å²) in [4.78, 5) is 36.1. The third-order valence-electron chi connectivity index (χ3n) is 5.01. The summed E-state index contributed by atoms with van der Waals surface area (Å²) in [6, 6.07) is 27.2. The van der Waals surface area contributed by atoms with E-state index < -0.39 is 35.8 Å². The highest BCUT2D eigenvalue weighted by molar-refractivity contribution is 5.88. The molecule has 0 fully saturated rings. The van der Waals surface area contributed by atoms with Gasteiger partial charge in [-0.15, -0.1) is 0 Å². The van der Waals surface area contributed by atoms with E-state index in [0.717, 1.165) is 16.7 Å². The molecule has 0 aliphatic rings. The number of carboxylic acids is 1. The van der Waals surface area contributed by atoms with Gasteiger partial charge in [0, 0.05) is 6.92 Å². The standard InChI is InChI=1S/C25H24N2O4/c1-18(28)26-22(24(30)31)17-23(29)27-25(19-11-5-2-6-12-19,20-13-7-3-8-14-20)21-15-9-4-10-16-21/h2-16,22H,17H2,1H3,(H,26,28)(H,27,29)(H,30,31)/t22-/m1/s1. The highest BCUT2D eigenvalue weighted by atomic mass is 16.4. The first kappa shape index (κ1) is 21.8. The minimum Gasteiger partial charge on any atom is -0.480 e. The van der Waals surface area contributed by atoms with Crippen LogP contribution in [0.3, 0.4) is 0 Å². The van der Waals surface area contributed by atoms with Crippen LogP contribution < -0.4 is 10.6 Å². The van der Waals surface area contributed by atoms with E-state index >= 15 is 0 Å². The van der Waals surface area contributed by atoms with Crippen LogP contribution in [0.1, 0.15) is 30.0 Å². The van der Waals surface area contributed by atoms with Crippen LogP contribution in [0.25, 0.3) is 0 Å². The van der Waals surface area contributed by atoms with Crippen molar-refractivity contribution in [2.24, 2.45) is 0 Å². The molecule has 0 saturated heterocycles. The Balaban J connectivity index is 2.11. The quantitative estimate of drug-likeness (QED) is 0.492. The summed E-state index contributed by atoms with van der Waals surface area (Å²) in [6.45, 7) is 1.22. The molecule has 0 aromatic heterocycles. The SMILES string of the molecule is CC(=O)N[C@H](CC(=O)NC(c1ccccc1)(c1ccccc1)c1ccccc1)C(=O)O. The monoisotopic (exact) mass is 416 g/mol. The molecule has 6 heteroatoms.